The van der Waals surface area contributed by atoms with Gasteiger partial charge in [-0.1, -0.05) is 11.6 Å². The van der Waals surface area contributed by atoms with Crippen molar-refractivity contribution >= 4 is 29.2 Å². The van der Waals surface area contributed by atoms with Crippen LogP contribution in [-0.2, 0) is 10.3 Å². The Hall–Kier alpha value is -2.67. The molecular weight excluding hydrogens is 359 g/mol. The third kappa shape index (κ3) is 3.94. The number of carbonyl (C=O) groups is 1. The lowest BCUT2D eigenvalue weighted by Crippen LogP contribution is -2.25. The highest BCUT2D eigenvalue weighted by atomic mass is 35.5. The summed E-state index contributed by atoms with van der Waals surface area (Å²) in [5.41, 5.74) is 5.83. The first-order valence-electron chi connectivity index (χ1n) is 8.08. The van der Waals surface area contributed by atoms with Gasteiger partial charge in [0.05, 0.1) is 17.2 Å². The second kappa shape index (κ2) is 7.29. The van der Waals surface area contributed by atoms with Crippen LogP contribution >= 0.6 is 11.6 Å². The minimum Gasteiger partial charge on any atom is -0.465 e. The number of rotatable bonds is 3. The third-order valence-corrected chi connectivity index (χ3v) is 4.40. The van der Waals surface area contributed by atoms with E-state index in [1.165, 1.54) is 24.4 Å². The molecule has 3 N–H and O–H groups in total. The van der Waals surface area contributed by atoms with Crippen LogP contribution in [-0.4, -0.2) is 23.5 Å². The third-order valence-electron chi connectivity index (χ3n) is 4.18. The molecule has 136 valence electrons. The molecule has 2 heterocycles. The lowest BCUT2D eigenvalue weighted by Gasteiger charge is -2.25. The molecule has 6 nitrogen and oxygen atoms in total. The number of hydrogen-bond acceptors (Lipinski definition) is 5. The highest BCUT2D eigenvalue weighted by Gasteiger charge is 2.31. The van der Waals surface area contributed by atoms with Crippen molar-refractivity contribution < 1.29 is 13.9 Å². The Morgan fingerprint density at radius 2 is 2.19 bits per heavy atom. The topological polar surface area (TPSA) is 89.6 Å². The fourth-order valence-corrected chi connectivity index (χ4v) is 2.95. The molecule has 0 radical (unpaired) electrons. The molecule has 2 aromatic rings. The highest BCUT2D eigenvalue weighted by molar-refractivity contribution is 6.30. The molecule has 1 aromatic heterocycles. The molecule has 1 atom stereocenters. The summed E-state index contributed by atoms with van der Waals surface area (Å²) in [4.78, 5) is 20.6. The molecule has 0 spiro atoms. The predicted molar refractivity (Wildman–Crippen MR) is 97.8 cm³/mol. The van der Waals surface area contributed by atoms with Crippen molar-refractivity contribution in [1.82, 2.24) is 4.98 Å². The van der Waals surface area contributed by atoms with Crippen LogP contribution in [0.3, 0.4) is 0 Å². The molecule has 1 aliphatic rings. The van der Waals surface area contributed by atoms with Crippen LogP contribution in [0.5, 0.6) is 0 Å². The van der Waals surface area contributed by atoms with E-state index in [0.29, 0.717) is 35.7 Å². The first-order chi connectivity index (χ1) is 12.4. The molecule has 8 heteroatoms. The zero-order valence-electron chi connectivity index (χ0n) is 14.1. The van der Waals surface area contributed by atoms with E-state index in [9.17, 15) is 9.18 Å². The number of nitrogens with one attached hydrogen (secondary N) is 1. The van der Waals surface area contributed by atoms with E-state index >= 15 is 0 Å². The van der Waals surface area contributed by atoms with E-state index in [-0.39, 0.29) is 11.7 Å². The summed E-state index contributed by atoms with van der Waals surface area (Å²) in [5.74, 6) is -0.842. The molecule has 0 unspecified atom stereocenters. The summed E-state index contributed by atoms with van der Waals surface area (Å²) in [6.07, 6.45) is 2.64. The Morgan fingerprint density at radius 1 is 1.38 bits per heavy atom. The van der Waals surface area contributed by atoms with E-state index in [0.717, 1.165) is 0 Å². The minimum atomic E-state index is -0.871. The van der Waals surface area contributed by atoms with Gasteiger partial charge in [-0.2, -0.15) is 0 Å². The summed E-state index contributed by atoms with van der Waals surface area (Å²) >= 11 is 5.77. The van der Waals surface area contributed by atoms with E-state index in [2.05, 4.69) is 15.3 Å². The maximum Gasteiger partial charge on any atom is 0.282 e. The van der Waals surface area contributed by atoms with Crippen molar-refractivity contribution in [3.05, 3.63) is 58.6 Å². The Labute approximate surface area is 155 Å². The first kappa shape index (κ1) is 18.1. The molecular formula is C18H18ClFN4O2. The number of carbonyl (C=O) groups excluding carboxylic acids is 1. The molecule has 1 amide bonds. The molecule has 26 heavy (non-hydrogen) atoms. The number of aliphatic imine (C=N–C) groups is 1. The Bertz CT molecular complexity index is 857. The van der Waals surface area contributed by atoms with Gasteiger partial charge in [-0.25, -0.2) is 14.4 Å². The number of ether oxygens (including phenoxy) is 1. The summed E-state index contributed by atoms with van der Waals surface area (Å²) in [6.45, 7) is 2.23. The first-order valence-corrected chi connectivity index (χ1v) is 8.46. The maximum atomic E-state index is 14.5. The van der Waals surface area contributed by atoms with Crippen LogP contribution in [0.1, 0.15) is 35.8 Å². The molecule has 0 saturated carbocycles. The van der Waals surface area contributed by atoms with Crippen LogP contribution in [0.4, 0.5) is 10.1 Å². The fraction of sp³-hybridized carbons (Fsp3) is 0.278. The summed E-state index contributed by atoms with van der Waals surface area (Å²) in [7, 11) is 0. The van der Waals surface area contributed by atoms with Crippen molar-refractivity contribution in [2.45, 2.75) is 25.3 Å². The van der Waals surface area contributed by atoms with E-state index in [1.54, 1.807) is 19.1 Å². The number of benzene rings is 1. The van der Waals surface area contributed by atoms with Gasteiger partial charge in [-0.15, -0.1) is 0 Å². The zero-order chi connectivity index (χ0) is 18.7. The van der Waals surface area contributed by atoms with E-state index < -0.39 is 17.3 Å². The molecule has 1 aromatic carbocycles. The van der Waals surface area contributed by atoms with Gasteiger partial charge in [-0.3, -0.25) is 4.79 Å². The summed E-state index contributed by atoms with van der Waals surface area (Å²) in [5, 5.41) is 3.14. The monoisotopic (exact) mass is 376 g/mol. The smallest absolute Gasteiger partial charge is 0.282 e. The lowest BCUT2D eigenvalue weighted by molar-refractivity contribution is 0.102. The number of amidine groups is 1. The number of amides is 1. The fourth-order valence-electron chi connectivity index (χ4n) is 2.84. The van der Waals surface area contributed by atoms with Crippen LogP contribution in [0.25, 0.3) is 0 Å². The van der Waals surface area contributed by atoms with Gasteiger partial charge in [0.15, 0.2) is 0 Å². The summed E-state index contributed by atoms with van der Waals surface area (Å²) < 4.78 is 19.7. The van der Waals surface area contributed by atoms with Gasteiger partial charge >= 0.3 is 0 Å². The van der Waals surface area contributed by atoms with Crippen molar-refractivity contribution in [2.24, 2.45) is 10.7 Å². The van der Waals surface area contributed by atoms with Gasteiger partial charge in [0.25, 0.3) is 11.9 Å². The van der Waals surface area contributed by atoms with Gasteiger partial charge in [0, 0.05) is 17.4 Å². The normalized spacial score (nSPS) is 19.9. The van der Waals surface area contributed by atoms with Crippen LogP contribution in [0.2, 0.25) is 5.02 Å². The average Bonchev–Trinajstić information content (AvgIpc) is 2.78. The van der Waals surface area contributed by atoms with Crippen molar-refractivity contribution in [2.75, 3.05) is 11.9 Å². The van der Waals surface area contributed by atoms with E-state index in [1.807, 2.05) is 0 Å². The SMILES string of the molecule is C[C@@]1(c2cc(NC(=O)c3ccc(Cl)cn3)ccc2F)CCCOC(N)=N1. The molecule has 0 bridgehead atoms. The van der Waals surface area contributed by atoms with Crippen LogP contribution in [0, 0.1) is 5.82 Å². The quantitative estimate of drug-likeness (QED) is 0.858. The average molecular weight is 377 g/mol. The molecule has 3 rings (SSSR count). The second-order valence-electron chi connectivity index (χ2n) is 6.19. The zero-order valence-corrected chi connectivity index (χ0v) is 14.9. The van der Waals surface area contributed by atoms with Crippen molar-refractivity contribution in [3.8, 4) is 0 Å². The Balaban J connectivity index is 1.89. The Kier molecular flexibility index (Phi) is 5.08. The highest BCUT2D eigenvalue weighted by Crippen LogP contribution is 2.35. The number of pyridine rings is 1. The predicted octanol–water partition coefficient (Wildman–Crippen LogP) is 3.47. The number of nitrogens with zero attached hydrogens (tertiary/aromatic N) is 2. The van der Waals surface area contributed by atoms with Crippen LogP contribution < -0.4 is 11.1 Å². The molecule has 0 saturated heterocycles. The minimum absolute atomic E-state index is 0.0317. The number of anilines is 1. The molecule has 1 aliphatic heterocycles. The maximum absolute atomic E-state index is 14.5. The second-order valence-corrected chi connectivity index (χ2v) is 6.62. The molecule has 0 aliphatic carbocycles. The van der Waals surface area contributed by atoms with Gasteiger partial charge in [0.2, 0.25) is 0 Å². The largest absolute Gasteiger partial charge is 0.465 e. The number of nitrogens with two attached hydrogens (primary N) is 1. The number of aromatic nitrogens is 1. The van der Waals surface area contributed by atoms with Gasteiger partial charge in [0.1, 0.15) is 11.5 Å². The standard InChI is InChI=1S/C18H18ClFN4O2/c1-18(7-2-8-26-17(21)24-18)13-9-12(4-5-14(13)20)23-16(25)15-6-3-11(19)10-22-15/h3-6,9-10H,2,7-8H2,1H3,(H2,21,24)(H,23,25)/t18-/m0/s1. The van der Waals surface area contributed by atoms with Crippen molar-refractivity contribution in [1.29, 1.82) is 0 Å². The number of hydrogen-bond donors (Lipinski definition) is 2. The summed E-state index contributed by atoms with van der Waals surface area (Å²) in [6, 6.07) is 7.45. The van der Waals surface area contributed by atoms with Crippen molar-refractivity contribution in [3.63, 3.8) is 0 Å². The lowest BCUT2D eigenvalue weighted by atomic mass is 9.87. The van der Waals surface area contributed by atoms with E-state index in [4.69, 9.17) is 22.1 Å². The Morgan fingerprint density at radius 3 is 2.92 bits per heavy atom. The van der Waals surface area contributed by atoms with Crippen LogP contribution in [0.15, 0.2) is 41.5 Å². The number of halogens is 2. The van der Waals surface area contributed by atoms with Gasteiger partial charge < -0.3 is 15.8 Å². The molecule has 0 fully saturated rings. The van der Waals surface area contributed by atoms with Gasteiger partial charge in [-0.05, 0) is 50.1 Å².